The first-order valence-electron chi connectivity index (χ1n) is 9.61. The molecule has 0 saturated carbocycles. The van der Waals surface area contributed by atoms with Crippen LogP contribution < -0.4 is 0 Å². The maximum absolute atomic E-state index is 11.6. The lowest BCUT2D eigenvalue weighted by Gasteiger charge is -2.05. The maximum atomic E-state index is 11.6. The minimum atomic E-state index is -0.00694. The number of rotatable bonds is 16. The van der Waals surface area contributed by atoms with Crippen LogP contribution in [-0.4, -0.2) is 12.6 Å². The molecule has 0 aromatic rings. The molecular weight excluding hydrogens is 272 g/mol. The van der Waals surface area contributed by atoms with Crippen LogP contribution in [0.4, 0.5) is 0 Å². The monoisotopic (exact) mass is 310 g/mol. The first-order valence-corrected chi connectivity index (χ1v) is 9.61. The topological polar surface area (TPSA) is 26.3 Å². The molecule has 2 heteroatoms. The van der Waals surface area contributed by atoms with E-state index in [4.69, 9.17) is 4.74 Å². The molecule has 0 heterocycles. The first-order chi connectivity index (χ1) is 10.8. The van der Waals surface area contributed by atoms with E-state index in [9.17, 15) is 4.79 Å². The van der Waals surface area contributed by atoms with Crippen molar-refractivity contribution in [3.05, 3.63) is 12.2 Å². The van der Waals surface area contributed by atoms with Crippen molar-refractivity contribution in [3.8, 4) is 0 Å². The number of ether oxygens (including phenoxy) is 1. The van der Waals surface area contributed by atoms with Gasteiger partial charge < -0.3 is 4.74 Å². The van der Waals surface area contributed by atoms with Gasteiger partial charge in [-0.2, -0.15) is 0 Å². The molecule has 0 aromatic carbocycles. The molecule has 0 N–H and O–H groups in total. The number of unbranched alkanes of at least 4 members (excludes halogenated alkanes) is 10. The zero-order valence-corrected chi connectivity index (χ0v) is 15.1. The van der Waals surface area contributed by atoms with E-state index in [-0.39, 0.29) is 5.97 Å². The molecule has 130 valence electrons. The van der Waals surface area contributed by atoms with Crippen molar-refractivity contribution in [2.24, 2.45) is 0 Å². The summed E-state index contributed by atoms with van der Waals surface area (Å²) in [5.74, 6) is -0.00694. The minimum absolute atomic E-state index is 0.00694. The molecule has 0 aromatic heterocycles. The third kappa shape index (κ3) is 17.3. The highest BCUT2D eigenvalue weighted by Crippen LogP contribution is 2.08. The van der Waals surface area contributed by atoms with Crippen molar-refractivity contribution in [1.82, 2.24) is 0 Å². The normalized spacial score (nSPS) is 11.2. The van der Waals surface area contributed by atoms with Crippen LogP contribution in [0.1, 0.15) is 104 Å². The van der Waals surface area contributed by atoms with E-state index in [1.165, 1.54) is 57.8 Å². The molecule has 0 spiro atoms. The Morgan fingerprint density at radius 3 is 2.09 bits per heavy atom. The summed E-state index contributed by atoms with van der Waals surface area (Å²) in [5, 5.41) is 0. The van der Waals surface area contributed by atoms with Gasteiger partial charge >= 0.3 is 5.97 Å². The Kier molecular flexibility index (Phi) is 17.6. The summed E-state index contributed by atoms with van der Waals surface area (Å²) < 4.78 is 5.28. The molecule has 0 aliphatic rings. The molecule has 22 heavy (non-hydrogen) atoms. The van der Waals surface area contributed by atoms with E-state index in [0.717, 1.165) is 25.7 Å². The van der Waals surface area contributed by atoms with Crippen molar-refractivity contribution < 1.29 is 9.53 Å². The van der Waals surface area contributed by atoms with Crippen LogP contribution in [0.2, 0.25) is 0 Å². The Balaban J connectivity index is 3.19. The van der Waals surface area contributed by atoms with Crippen LogP contribution in [0.15, 0.2) is 12.2 Å². The van der Waals surface area contributed by atoms with E-state index >= 15 is 0 Å². The number of esters is 1. The van der Waals surface area contributed by atoms with Crippen molar-refractivity contribution in [2.45, 2.75) is 104 Å². The average molecular weight is 311 g/mol. The quantitative estimate of drug-likeness (QED) is 0.183. The van der Waals surface area contributed by atoms with Gasteiger partial charge in [-0.1, -0.05) is 77.4 Å². The van der Waals surface area contributed by atoms with Crippen molar-refractivity contribution in [1.29, 1.82) is 0 Å². The van der Waals surface area contributed by atoms with Gasteiger partial charge in [0.25, 0.3) is 0 Å². The summed E-state index contributed by atoms with van der Waals surface area (Å²) in [6.45, 7) is 5.05. The number of carbonyl (C=O) groups excluding carboxylic acids is 1. The highest BCUT2D eigenvalue weighted by atomic mass is 16.5. The molecule has 0 fully saturated rings. The van der Waals surface area contributed by atoms with E-state index in [1.54, 1.807) is 0 Å². The SMILES string of the molecule is CCC/C=C\CCCCCC(=O)OCCCCCCCCC. The van der Waals surface area contributed by atoms with Gasteiger partial charge in [0.1, 0.15) is 0 Å². The summed E-state index contributed by atoms with van der Waals surface area (Å²) in [5.41, 5.74) is 0. The standard InChI is InChI=1S/C20H38O2/c1-3-5-7-9-11-12-14-16-18-20(21)22-19-17-15-13-10-8-6-4-2/h7,9H,3-6,8,10-19H2,1-2H3/b9-7-. The van der Waals surface area contributed by atoms with E-state index < -0.39 is 0 Å². The number of carbonyl (C=O) groups is 1. The Labute approximate surface area is 138 Å². The molecule has 0 atom stereocenters. The van der Waals surface area contributed by atoms with E-state index in [1.807, 2.05) is 0 Å². The molecule has 0 rings (SSSR count). The van der Waals surface area contributed by atoms with Crippen LogP contribution in [0.3, 0.4) is 0 Å². The zero-order chi connectivity index (χ0) is 16.3. The van der Waals surface area contributed by atoms with Crippen LogP contribution >= 0.6 is 0 Å². The predicted molar refractivity (Wildman–Crippen MR) is 96.1 cm³/mol. The molecule has 0 bridgehead atoms. The van der Waals surface area contributed by atoms with Crippen molar-refractivity contribution >= 4 is 5.97 Å². The third-order valence-electron chi connectivity index (χ3n) is 3.88. The molecule has 0 radical (unpaired) electrons. The lowest BCUT2D eigenvalue weighted by Crippen LogP contribution is -2.05. The summed E-state index contributed by atoms with van der Waals surface area (Å²) in [7, 11) is 0. The molecular formula is C20H38O2. The molecule has 2 nitrogen and oxygen atoms in total. The largest absolute Gasteiger partial charge is 0.466 e. The second-order valence-electron chi connectivity index (χ2n) is 6.20. The van der Waals surface area contributed by atoms with Crippen molar-refractivity contribution in [3.63, 3.8) is 0 Å². The Morgan fingerprint density at radius 1 is 0.727 bits per heavy atom. The zero-order valence-electron chi connectivity index (χ0n) is 15.1. The van der Waals surface area contributed by atoms with Gasteiger partial charge in [0.05, 0.1) is 6.61 Å². The van der Waals surface area contributed by atoms with Crippen LogP contribution in [0.5, 0.6) is 0 Å². The fraction of sp³-hybridized carbons (Fsp3) is 0.850. The van der Waals surface area contributed by atoms with Gasteiger partial charge in [-0.3, -0.25) is 4.79 Å². The minimum Gasteiger partial charge on any atom is -0.466 e. The van der Waals surface area contributed by atoms with Gasteiger partial charge in [0.15, 0.2) is 0 Å². The third-order valence-corrected chi connectivity index (χ3v) is 3.88. The summed E-state index contributed by atoms with van der Waals surface area (Å²) >= 11 is 0. The Bertz CT molecular complexity index is 258. The fourth-order valence-corrected chi connectivity index (χ4v) is 2.43. The predicted octanol–water partition coefficient (Wildman–Crippen LogP) is 6.59. The first kappa shape index (κ1) is 21.2. The Hall–Kier alpha value is -0.790. The van der Waals surface area contributed by atoms with E-state index in [0.29, 0.717) is 13.0 Å². The smallest absolute Gasteiger partial charge is 0.305 e. The van der Waals surface area contributed by atoms with Crippen LogP contribution in [-0.2, 0) is 9.53 Å². The lowest BCUT2D eigenvalue weighted by molar-refractivity contribution is -0.143. The molecule has 0 saturated heterocycles. The second kappa shape index (κ2) is 18.3. The molecule has 0 amide bonds. The molecule has 0 aliphatic carbocycles. The highest BCUT2D eigenvalue weighted by molar-refractivity contribution is 5.69. The van der Waals surface area contributed by atoms with Crippen LogP contribution in [0, 0.1) is 0 Å². The van der Waals surface area contributed by atoms with Gasteiger partial charge in [-0.25, -0.2) is 0 Å². The van der Waals surface area contributed by atoms with E-state index in [2.05, 4.69) is 26.0 Å². The number of hydrogen-bond acceptors (Lipinski definition) is 2. The van der Waals surface area contributed by atoms with Gasteiger partial charge in [-0.15, -0.1) is 0 Å². The summed E-state index contributed by atoms with van der Waals surface area (Å²) in [6, 6.07) is 0. The van der Waals surface area contributed by atoms with Gasteiger partial charge in [-0.05, 0) is 32.1 Å². The summed E-state index contributed by atoms with van der Waals surface area (Å²) in [6.07, 6.45) is 20.8. The molecule has 0 aliphatic heterocycles. The van der Waals surface area contributed by atoms with Crippen molar-refractivity contribution in [2.75, 3.05) is 6.61 Å². The fourth-order valence-electron chi connectivity index (χ4n) is 2.43. The number of allylic oxidation sites excluding steroid dienone is 2. The maximum Gasteiger partial charge on any atom is 0.305 e. The average Bonchev–Trinajstić information content (AvgIpc) is 2.52. The van der Waals surface area contributed by atoms with Gasteiger partial charge in [0.2, 0.25) is 0 Å². The summed E-state index contributed by atoms with van der Waals surface area (Å²) in [4.78, 5) is 11.6. The van der Waals surface area contributed by atoms with Crippen LogP contribution in [0.25, 0.3) is 0 Å². The van der Waals surface area contributed by atoms with Gasteiger partial charge in [0, 0.05) is 6.42 Å². The Morgan fingerprint density at radius 2 is 1.36 bits per heavy atom. The highest BCUT2D eigenvalue weighted by Gasteiger charge is 2.02. The lowest BCUT2D eigenvalue weighted by atomic mass is 10.1. The number of hydrogen-bond donors (Lipinski definition) is 0. The molecule has 0 unspecified atom stereocenters. The second-order valence-corrected chi connectivity index (χ2v) is 6.20.